The smallest absolute Gasteiger partial charge is 0.233 e. The van der Waals surface area contributed by atoms with Crippen LogP contribution in [0.4, 0.5) is 0 Å². The van der Waals surface area contributed by atoms with E-state index in [1.165, 1.54) is 4.90 Å². The first-order chi connectivity index (χ1) is 9.10. The number of likely N-dealkylation sites (N-methyl/N-ethyl adjacent to an activating group) is 1. The summed E-state index contributed by atoms with van der Waals surface area (Å²) >= 11 is 0. The fourth-order valence-electron chi connectivity index (χ4n) is 3.43. The van der Waals surface area contributed by atoms with Crippen LogP contribution in [0.25, 0.3) is 0 Å². The summed E-state index contributed by atoms with van der Waals surface area (Å²) in [5, 5.41) is 3.42. The number of carbonyl (C=O) groups excluding carboxylic acids is 2. The fraction of sp³-hybridized carbons (Fsp3) is 0.867. The van der Waals surface area contributed by atoms with E-state index < -0.39 is 0 Å². The number of carbonyl (C=O) groups is 2. The van der Waals surface area contributed by atoms with E-state index in [0.29, 0.717) is 12.5 Å². The monoisotopic (exact) mass is 266 g/mol. The summed E-state index contributed by atoms with van der Waals surface area (Å²) in [6.45, 7) is 7.82. The summed E-state index contributed by atoms with van der Waals surface area (Å²) in [6, 6.07) is 0.224. The van der Waals surface area contributed by atoms with E-state index in [2.05, 4.69) is 26.1 Å². The molecule has 4 atom stereocenters. The average Bonchev–Trinajstić information content (AvgIpc) is 2.97. The first kappa shape index (κ1) is 14.5. The minimum atomic E-state index is -0.00768. The van der Waals surface area contributed by atoms with Crippen molar-refractivity contribution in [1.82, 2.24) is 10.2 Å². The van der Waals surface area contributed by atoms with Crippen LogP contribution in [0.1, 0.15) is 46.5 Å². The van der Waals surface area contributed by atoms with Crippen LogP contribution in [0.5, 0.6) is 0 Å². The van der Waals surface area contributed by atoms with Crippen LogP contribution < -0.4 is 5.32 Å². The number of nitrogens with zero attached hydrogens (tertiary/aromatic N) is 1. The Morgan fingerprint density at radius 2 is 1.79 bits per heavy atom. The number of nitrogens with one attached hydrogen (secondary N) is 1. The van der Waals surface area contributed by atoms with Gasteiger partial charge < -0.3 is 5.32 Å². The minimum Gasteiger partial charge on any atom is -0.312 e. The third-order valence-corrected chi connectivity index (χ3v) is 4.86. The maximum absolute atomic E-state index is 12.3. The third kappa shape index (κ3) is 2.69. The molecule has 1 aliphatic heterocycles. The maximum Gasteiger partial charge on any atom is 0.233 e. The first-order valence-corrected chi connectivity index (χ1v) is 7.68. The SMILES string of the molecule is CCNC(CN1C(=O)C2CCCC2C1=O)C(C)CC. The highest BCUT2D eigenvalue weighted by molar-refractivity contribution is 6.05. The number of likely N-dealkylation sites (tertiary alicyclic amines) is 1. The van der Waals surface area contributed by atoms with E-state index in [-0.39, 0.29) is 29.7 Å². The average molecular weight is 266 g/mol. The van der Waals surface area contributed by atoms with Gasteiger partial charge in [0.25, 0.3) is 0 Å². The van der Waals surface area contributed by atoms with Crippen molar-refractivity contribution in [3.63, 3.8) is 0 Å². The van der Waals surface area contributed by atoms with E-state index in [1.54, 1.807) is 0 Å². The van der Waals surface area contributed by atoms with Crippen molar-refractivity contribution in [2.24, 2.45) is 17.8 Å². The molecule has 2 rings (SSSR count). The first-order valence-electron chi connectivity index (χ1n) is 7.68. The molecule has 1 aliphatic carbocycles. The maximum atomic E-state index is 12.3. The topological polar surface area (TPSA) is 49.4 Å². The Balaban J connectivity index is 2.05. The number of rotatable bonds is 6. The van der Waals surface area contributed by atoms with E-state index in [9.17, 15) is 9.59 Å². The lowest BCUT2D eigenvalue weighted by atomic mass is 9.98. The van der Waals surface area contributed by atoms with Gasteiger partial charge in [0.05, 0.1) is 11.8 Å². The van der Waals surface area contributed by atoms with Crippen LogP contribution in [-0.2, 0) is 9.59 Å². The Bertz CT molecular complexity index is 334. The van der Waals surface area contributed by atoms with Crippen LogP contribution in [0, 0.1) is 17.8 Å². The van der Waals surface area contributed by atoms with E-state index in [0.717, 1.165) is 32.2 Å². The Morgan fingerprint density at radius 3 is 2.26 bits per heavy atom. The standard InChI is InChI=1S/C15H26N2O2/c1-4-10(3)13(16-5-2)9-17-14(18)11-7-6-8-12(11)15(17)19/h10-13,16H,4-9H2,1-3H3. The molecule has 4 unspecified atom stereocenters. The zero-order valence-electron chi connectivity index (χ0n) is 12.3. The summed E-state index contributed by atoms with van der Waals surface area (Å²) in [6.07, 6.45) is 3.89. The van der Waals surface area contributed by atoms with Crippen LogP contribution >= 0.6 is 0 Å². The van der Waals surface area contributed by atoms with Crippen molar-refractivity contribution in [3.05, 3.63) is 0 Å². The van der Waals surface area contributed by atoms with Crippen LogP contribution in [0.2, 0.25) is 0 Å². The molecular weight excluding hydrogens is 240 g/mol. The largest absolute Gasteiger partial charge is 0.312 e. The Hall–Kier alpha value is -0.900. The molecular formula is C15H26N2O2. The number of amides is 2. The summed E-state index contributed by atoms with van der Waals surface area (Å²) in [4.78, 5) is 26.2. The van der Waals surface area contributed by atoms with Crippen molar-refractivity contribution < 1.29 is 9.59 Å². The third-order valence-electron chi connectivity index (χ3n) is 4.86. The van der Waals surface area contributed by atoms with E-state index >= 15 is 0 Å². The molecule has 2 aliphatic rings. The lowest BCUT2D eigenvalue weighted by Gasteiger charge is -2.28. The van der Waals surface area contributed by atoms with Gasteiger partial charge in [-0.05, 0) is 25.3 Å². The quantitative estimate of drug-likeness (QED) is 0.746. The lowest BCUT2D eigenvalue weighted by molar-refractivity contribution is -0.140. The van der Waals surface area contributed by atoms with Crippen molar-refractivity contribution in [1.29, 1.82) is 0 Å². The van der Waals surface area contributed by atoms with Gasteiger partial charge in [0, 0.05) is 12.6 Å². The second-order valence-electron chi connectivity index (χ2n) is 5.98. The molecule has 108 valence electrons. The zero-order chi connectivity index (χ0) is 14.0. The van der Waals surface area contributed by atoms with Gasteiger partial charge in [0.1, 0.15) is 0 Å². The van der Waals surface area contributed by atoms with Gasteiger partial charge in [-0.15, -0.1) is 0 Å². The summed E-state index contributed by atoms with van der Waals surface area (Å²) in [5.74, 6) is 0.622. The molecule has 2 amide bonds. The predicted octanol–water partition coefficient (Wildman–Crippen LogP) is 1.80. The van der Waals surface area contributed by atoms with Gasteiger partial charge in [-0.3, -0.25) is 14.5 Å². The van der Waals surface area contributed by atoms with Crippen LogP contribution in [-0.4, -0.2) is 35.8 Å². The normalized spacial score (nSPS) is 29.7. The number of fused-ring (bicyclic) bond motifs is 1. The zero-order valence-corrected chi connectivity index (χ0v) is 12.3. The molecule has 1 heterocycles. The Kier molecular flexibility index (Phi) is 4.61. The Morgan fingerprint density at radius 1 is 1.21 bits per heavy atom. The number of hydrogen-bond acceptors (Lipinski definition) is 3. The highest BCUT2D eigenvalue weighted by atomic mass is 16.2. The van der Waals surface area contributed by atoms with Crippen LogP contribution in [0.3, 0.4) is 0 Å². The second kappa shape index (κ2) is 6.04. The molecule has 0 aromatic heterocycles. The van der Waals surface area contributed by atoms with Gasteiger partial charge in [0.15, 0.2) is 0 Å². The highest BCUT2D eigenvalue weighted by Crippen LogP contribution is 2.39. The van der Waals surface area contributed by atoms with Crippen molar-refractivity contribution >= 4 is 11.8 Å². The van der Waals surface area contributed by atoms with Crippen molar-refractivity contribution in [2.75, 3.05) is 13.1 Å². The molecule has 19 heavy (non-hydrogen) atoms. The lowest BCUT2D eigenvalue weighted by Crippen LogP contribution is -2.47. The second-order valence-corrected chi connectivity index (χ2v) is 5.98. The molecule has 2 fully saturated rings. The van der Waals surface area contributed by atoms with Gasteiger partial charge in [-0.25, -0.2) is 0 Å². The molecule has 1 N–H and O–H groups in total. The molecule has 0 radical (unpaired) electrons. The van der Waals surface area contributed by atoms with Crippen LogP contribution in [0.15, 0.2) is 0 Å². The van der Waals surface area contributed by atoms with E-state index in [1.807, 2.05) is 0 Å². The molecule has 0 bridgehead atoms. The summed E-state index contributed by atoms with van der Waals surface area (Å²) in [7, 11) is 0. The minimum absolute atomic E-state index is 0.00768. The molecule has 0 spiro atoms. The van der Waals surface area contributed by atoms with Gasteiger partial charge >= 0.3 is 0 Å². The molecule has 1 saturated heterocycles. The predicted molar refractivity (Wildman–Crippen MR) is 74.5 cm³/mol. The fourth-order valence-corrected chi connectivity index (χ4v) is 3.43. The molecule has 0 aromatic rings. The molecule has 1 saturated carbocycles. The van der Waals surface area contributed by atoms with Crippen molar-refractivity contribution in [3.8, 4) is 0 Å². The molecule has 4 heteroatoms. The summed E-state index contributed by atoms with van der Waals surface area (Å²) < 4.78 is 0. The van der Waals surface area contributed by atoms with E-state index in [4.69, 9.17) is 0 Å². The van der Waals surface area contributed by atoms with Gasteiger partial charge in [-0.1, -0.05) is 33.6 Å². The van der Waals surface area contributed by atoms with Gasteiger partial charge in [0.2, 0.25) is 11.8 Å². The molecule has 0 aromatic carbocycles. The summed E-state index contributed by atoms with van der Waals surface area (Å²) in [5.41, 5.74) is 0. The number of imide groups is 1. The number of hydrogen-bond donors (Lipinski definition) is 1. The van der Waals surface area contributed by atoms with Crippen molar-refractivity contribution in [2.45, 2.75) is 52.5 Å². The van der Waals surface area contributed by atoms with Gasteiger partial charge in [-0.2, -0.15) is 0 Å². The Labute approximate surface area is 115 Å². The molecule has 4 nitrogen and oxygen atoms in total. The highest BCUT2D eigenvalue weighted by Gasteiger charge is 2.49.